The Balaban J connectivity index is 1.73. The molecule has 1 N–H and O–H groups in total. The molecule has 0 spiro atoms. The van der Waals surface area contributed by atoms with Crippen molar-refractivity contribution in [3.05, 3.63) is 56.3 Å². The first kappa shape index (κ1) is 18.1. The van der Waals surface area contributed by atoms with E-state index < -0.39 is 10.9 Å². The first-order valence-corrected chi connectivity index (χ1v) is 8.75. The lowest BCUT2D eigenvalue weighted by Crippen LogP contribution is -2.51. The number of nitrogens with zero attached hydrogens (tertiary/aromatic N) is 3. The minimum atomic E-state index is -0.455. The normalized spacial score (nSPS) is 16.1. The van der Waals surface area contributed by atoms with Gasteiger partial charge in [0.25, 0.3) is 10.9 Å². The van der Waals surface area contributed by atoms with Crippen molar-refractivity contribution in [1.82, 2.24) is 9.80 Å². The van der Waals surface area contributed by atoms with Crippen LogP contribution >= 0.6 is 0 Å². The number of hydrogen-bond acceptors (Lipinski definition) is 6. The fraction of sp³-hybridized carbons (Fsp3) is 0.421. The van der Waals surface area contributed by atoms with E-state index in [1.54, 1.807) is 4.90 Å². The standard InChI is InChI=1S/C19H24N4O3/c1-21(2)15(14-6-4-3-5-7-14)12-20-16-17(19(26)18(16)25)23-10-8-22(13-24)9-11-23/h3-7,13,15,20H,8-12H2,1-2H3/t15-/m1/s1. The highest BCUT2D eigenvalue weighted by molar-refractivity contribution is 5.75. The SMILES string of the molecule is CN(C)[C@H](CNc1c(N2CCN(C=O)CC2)c(=O)c1=O)c1ccccc1. The average Bonchev–Trinajstić information content (AvgIpc) is 2.67. The van der Waals surface area contributed by atoms with Crippen LogP contribution in [-0.4, -0.2) is 63.0 Å². The first-order valence-electron chi connectivity index (χ1n) is 8.75. The summed E-state index contributed by atoms with van der Waals surface area (Å²) in [5, 5.41) is 3.19. The van der Waals surface area contributed by atoms with Crippen molar-refractivity contribution in [3.8, 4) is 0 Å². The molecule has 1 heterocycles. The molecule has 0 saturated carbocycles. The number of anilines is 2. The van der Waals surface area contributed by atoms with E-state index in [4.69, 9.17) is 0 Å². The second kappa shape index (κ2) is 7.70. The van der Waals surface area contributed by atoms with E-state index in [1.165, 1.54) is 0 Å². The molecule has 1 aliphatic rings. The molecule has 1 saturated heterocycles. The first-order chi connectivity index (χ1) is 12.5. The lowest BCUT2D eigenvalue weighted by Gasteiger charge is -2.35. The fourth-order valence-corrected chi connectivity index (χ4v) is 3.37. The van der Waals surface area contributed by atoms with Gasteiger partial charge in [-0.2, -0.15) is 0 Å². The fourth-order valence-electron chi connectivity index (χ4n) is 3.37. The van der Waals surface area contributed by atoms with Gasteiger partial charge in [-0.25, -0.2) is 0 Å². The van der Waals surface area contributed by atoms with Gasteiger partial charge in [0.1, 0.15) is 11.4 Å². The lowest BCUT2D eigenvalue weighted by molar-refractivity contribution is -0.118. The van der Waals surface area contributed by atoms with Crippen molar-refractivity contribution >= 4 is 17.8 Å². The molecule has 0 unspecified atom stereocenters. The summed E-state index contributed by atoms with van der Waals surface area (Å²) in [6, 6.07) is 10.1. The Hall–Kier alpha value is -2.67. The Labute approximate surface area is 152 Å². The van der Waals surface area contributed by atoms with Gasteiger partial charge in [-0.05, 0) is 19.7 Å². The highest BCUT2D eigenvalue weighted by atomic mass is 16.2. The van der Waals surface area contributed by atoms with Crippen molar-refractivity contribution in [2.45, 2.75) is 6.04 Å². The van der Waals surface area contributed by atoms with Crippen LogP contribution in [0.1, 0.15) is 11.6 Å². The number of piperazine rings is 1. The van der Waals surface area contributed by atoms with Crippen LogP contribution in [0.4, 0.5) is 11.4 Å². The van der Waals surface area contributed by atoms with Crippen LogP contribution < -0.4 is 21.1 Å². The van der Waals surface area contributed by atoms with Gasteiger partial charge in [-0.15, -0.1) is 0 Å². The van der Waals surface area contributed by atoms with Gasteiger partial charge >= 0.3 is 0 Å². The third kappa shape index (κ3) is 3.48. The van der Waals surface area contributed by atoms with Crippen LogP contribution in [0.5, 0.6) is 0 Å². The maximum atomic E-state index is 12.1. The lowest BCUT2D eigenvalue weighted by atomic mass is 10.1. The quantitative estimate of drug-likeness (QED) is 0.567. The van der Waals surface area contributed by atoms with Gasteiger partial charge in [0.15, 0.2) is 0 Å². The summed E-state index contributed by atoms with van der Waals surface area (Å²) in [5.41, 5.74) is 1.12. The van der Waals surface area contributed by atoms with Crippen LogP contribution in [0, 0.1) is 0 Å². The maximum Gasteiger partial charge on any atom is 0.253 e. The molecule has 0 bridgehead atoms. The molecular weight excluding hydrogens is 332 g/mol. The summed E-state index contributed by atoms with van der Waals surface area (Å²) in [5.74, 6) is 0. The van der Waals surface area contributed by atoms with Crippen LogP contribution in [0.3, 0.4) is 0 Å². The van der Waals surface area contributed by atoms with Gasteiger partial charge in [0.05, 0.1) is 6.04 Å². The highest BCUT2D eigenvalue weighted by Crippen LogP contribution is 2.24. The van der Waals surface area contributed by atoms with Crippen molar-refractivity contribution in [2.75, 3.05) is 57.0 Å². The molecule has 0 aliphatic carbocycles. The number of rotatable bonds is 7. The predicted octanol–water partition coefficient (Wildman–Crippen LogP) is 0.276. The third-order valence-electron chi connectivity index (χ3n) is 4.94. The zero-order chi connectivity index (χ0) is 18.7. The molecule has 26 heavy (non-hydrogen) atoms. The second-order valence-electron chi connectivity index (χ2n) is 6.78. The Morgan fingerprint density at radius 3 is 2.31 bits per heavy atom. The Bertz CT molecular complexity index is 819. The van der Waals surface area contributed by atoms with Crippen molar-refractivity contribution < 1.29 is 4.79 Å². The number of nitrogens with one attached hydrogen (secondary N) is 1. The minimum Gasteiger partial charge on any atom is -0.378 e. The summed E-state index contributed by atoms with van der Waals surface area (Å²) in [4.78, 5) is 40.7. The summed E-state index contributed by atoms with van der Waals surface area (Å²) in [6.07, 6.45) is 0.820. The largest absolute Gasteiger partial charge is 0.378 e. The highest BCUT2D eigenvalue weighted by Gasteiger charge is 2.28. The molecule has 1 fully saturated rings. The van der Waals surface area contributed by atoms with Gasteiger partial charge in [-0.1, -0.05) is 30.3 Å². The molecule has 1 amide bonds. The summed E-state index contributed by atoms with van der Waals surface area (Å²) < 4.78 is 0. The molecule has 0 aromatic heterocycles. The van der Waals surface area contributed by atoms with Crippen LogP contribution in [0.25, 0.3) is 0 Å². The van der Waals surface area contributed by atoms with Crippen LogP contribution in [0.2, 0.25) is 0 Å². The van der Waals surface area contributed by atoms with Gasteiger partial charge in [-0.3, -0.25) is 14.4 Å². The smallest absolute Gasteiger partial charge is 0.253 e. The second-order valence-corrected chi connectivity index (χ2v) is 6.78. The van der Waals surface area contributed by atoms with E-state index in [9.17, 15) is 14.4 Å². The van der Waals surface area contributed by atoms with E-state index in [2.05, 4.69) is 10.2 Å². The number of amides is 1. The van der Waals surface area contributed by atoms with E-state index >= 15 is 0 Å². The predicted molar refractivity (Wildman–Crippen MR) is 103 cm³/mol. The third-order valence-corrected chi connectivity index (χ3v) is 4.94. The average molecular weight is 356 g/mol. The molecule has 2 aromatic carbocycles. The minimum absolute atomic E-state index is 0.0837. The molecule has 2 aromatic rings. The molecule has 138 valence electrons. The molecule has 1 aliphatic heterocycles. The number of hydrogen-bond donors (Lipinski definition) is 1. The molecule has 0 radical (unpaired) electrons. The van der Waals surface area contributed by atoms with Crippen molar-refractivity contribution in [1.29, 1.82) is 0 Å². The zero-order valence-electron chi connectivity index (χ0n) is 15.1. The zero-order valence-corrected chi connectivity index (χ0v) is 15.1. The monoisotopic (exact) mass is 356 g/mol. The molecule has 7 heteroatoms. The Morgan fingerprint density at radius 1 is 1.08 bits per heavy atom. The molecule has 3 rings (SSSR count). The molecule has 7 nitrogen and oxygen atoms in total. The number of carbonyl (C=O) groups is 1. The van der Waals surface area contributed by atoms with Gasteiger partial charge in [0.2, 0.25) is 6.41 Å². The number of carbonyl (C=O) groups excluding carboxylic acids is 1. The maximum absolute atomic E-state index is 12.1. The summed E-state index contributed by atoms with van der Waals surface area (Å²) >= 11 is 0. The van der Waals surface area contributed by atoms with Crippen LogP contribution in [0.15, 0.2) is 39.9 Å². The molecular formula is C19H24N4O3. The van der Waals surface area contributed by atoms with E-state index in [1.807, 2.05) is 49.3 Å². The van der Waals surface area contributed by atoms with E-state index in [0.29, 0.717) is 44.1 Å². The summed E-state index contributed by atoms with van der Waals surface area (Å²) in [6.45, 7) is 2.78. The Morgan fingerprint density at radius 2 is 1.73 bits per heavy atom. The Kier molecular flexibility index (Phi) is 5.37. The van der Waals surface area contributed by atoms with Crippen molar-refractivity contribution in [2.24, 2.45) is 0 Å². The molecule has 1 atom stereocenters. The van der Waals surface area contributed by atoms with Gasteiger partial charge < -0.3 is 20.0 Å². The van der Waals surface area contributed by atoms with Crippen LogP contribution in [-0.2, 0) is 4.79 Å². The van der Waals surface area contributed by atoms with Gasteiger partial charge in [0, 0.05) is 32.7 Å². The van der Waals surface area contributed by atoms with Crippen molar-refractivity contribution in [3.63, 3.8) is 0 Å². The number of benzene rings is 1. The number of likely N-dealkylation sites (N-methyl/N-ethyl adjacent to an activating group) is 1. The van der Waals surface area contributed by atoms with E-state index in [-0.39, 0.29) is 6.04 Å². The summed E-state index contributed by atoms with van der Waals surface area (Å²) in [7, 11) is 3.97. The van der Waals surface area contributed by atoms with E-state index in [0.717, 1.165) is 12.0 Å². The topological polar surface area (TPSA) is 73.0 Å².